The maximum Gasteiger partial charge on any atom is 0.381 e. The molecule has 0 saturated heterocycles. The van der Waals surface area contributed by atoms with E-state index in [2.05, 4.69) is 24.1 Å². The number of rotatable bonds is 5. The Kier molecular flexibility index (Phi) is 4.32. The molecule has 7 nitrogen and oxygen atoms in total. The summed E-state index contributed by atoms with van der Waals surface area (Å²) in [5, 5.41) is 13.3. The van der Waals surface area contributed by atoms with Crippen molar-refractivity contribution in [3.63, 3.8) is 0 Å². The molecule has 2 aromatic rings. The van der Waals surface area contributed by atoms with Crippen LogP contribution in [-0.2, 0) is 11.3 Å². The molecule has 0 spiro atoms. The van der Waals surface area contributed by atoms with Gasteiger partial charge >= 0.3 is 5.82 Å². The van der Waals surface area contributed by atoms with Crippen molar-refractivity contribution in [2.75, 3.05) is 5.32 Å². The van der Waals surface area contributed by atoms with E-state index in [0.717, 1.165) is 5.56 Å². The third-order valence-corrected chi connectivity index (χ3v) is 2.97. The van der Waals surface area contributed by atoms with Crippen LogP contribution < -0.4 is 5.32 Å². The molecule has 0 atom stereocenters. The summed E-state index contributed by atoms with van der Waals surface area (Å²) in [6.45, 7) is 4.13. The van der Waals surface area contributed by atoms with Gasteiger partial charge in [0.1, 0.15) is 12.7 Å². The van der Waals surface area contributed by atoms with Crippen LogP contribution in [-0.4, -0.2) is 20.4 Å². The summed E-state index contributed by atoms with van der Waals surface area (Å²) in [6.07, 6.45) is 2.49. The molecule has 0 saturated carbocycles. The van der Waals surface area contributed by atoms with Gasteiger partial charge in [0.2, 0.25) is 12.2 Å². The van der Waals surface area contributed by atoms with E-state index in [1.165, 1.54) is 17.1 Å². The Hall–Kier alpha value is -2.70. The monoisotopic (exact) mass is 288 g/mol. The molecule has 21 heavy (non-hydrogen) atoms. The Balaban J connectivity index is 2.01. The molecule has 0 aliphatic rings. The van der Waals surface area contributed by atoms with Crippen LogP contribution in [0.4, 0.5) is 11.5 Å². The van der Waals surface area contributed by atoms with E-state index in [1.807, 2.05) is 18.2 Å². The van der Waals surface area contributed by atoms with Gasteiger partial charge < -0.3 is 20.0 Å². The number of carbonyl (C=O) groups excluding carboxylic acids is 1. The van der Waals surface area contributed by atoms with Gasteiger partial charge in [-0.25, -0.2) is 0 Å². The van der Waals surface area contributed by atoms with E-state index >= 15 is 0 Å². The molecule has 0 aliphatic carbocycles. The number of nitro groups is 1. The Bertz CT molecular complexity index is 664. The molecule has 1 aromatic heterocycles. The molecule has 110 valence electrons. The molecule has 1 heterocycles. The first-order valence-electron chi connectivity index (χ1n) is 6.51. The van der Waals surface area contributed by atoms with Crippen LogP contribution >= 0.6 is 0 Å². The van der Waals surface area contributed by atoms with E-state index in [9.17, 15) is 14.9 Å². The highest BCUT2D eigenvalue weighted by molar-refractivity contribution is 5.90. The predicted octanol–water partition coefficient (Wildman–Crippen LogP) is 2.55. The molecule has 1 N–H and O–H groups in total. The van der Waals surface area contributed by atoms with Crippen LogP contribution in [0.25, 0.3) is 0 Å². The molecule has 0 radical (unpaired) electrons. The summed E-state index contributed by atoms with van der Waals surface area (Å²) < 4.78 is 1.37. The average molecular weight is 288 g/mol. The highest BCUT2D eigenvalue weighted by Crippen LogP contribution is 2.18. The number of nitrogens with one attached hydrogen (secondary N) is 1. The first kappa shape index (κ1) is 14.7. The normalized spacial score (nSPS) is 10.6. The van der Waals surface area contributed by atoms with Crippen molar-refractivity contribution in [1.29, 1.82) is 0 Å². The van der Waals surface area contributed by atoms with E-state index in [1.54, 1.807) is 6.07 Å². The zero-order valence-corrected chi connectivity index (χ0v) is 11.8. The molecule has 1 aromatic carbocycles. The number of benzene rings is 1. The van der Waals surface area contributed by atoms with Gasteiger partial charge in [-0.2, -0.15) is 0 Å². The Morgan fingerprint density at radius 2 is 2.24 bits per heavy atom. The minimum atomic E-state index is -0.597. The highest BCUT2D eigenvalue weighted by Gasteiger charge is 2.12. The third kappa shape index (κ3) is 3.88. The largest absolute Gasteiger partial charge is 0.381 e. The number of hydrogen-bond donors (Lipinski definition) is 1. The van der Waals surface area contributed by atoms with Crippen molar-refractivity contribution in [1.82, 2.24) is 9.55 Å². The number of amides is 1. The lowest BCUT2D eigenvalue weighted by Gasteiger charge is -2.09. The molecular formula is C14H16N4O3. The molecule has 7 heteroatoms. The van der Waals surface area contributed by atoms with Gasteiger partial charge in [-0.05, 0) is 33.5 Å². The van der Waals surface area contributed by atoms with Crippen LogP contribution in [0.15, 0.2) is 36.8 Å². The fraction of sp³-hybridized carbons (Fsp3) is 0.286. The number of aromatic nitrogens is 2. The SMILES string of the molecule is CC(C)c1cccc(NC(=O)Cn2cnc([N+](=O)[O-])c2)c1. The van der Waals surface area contributed by atoms with Gasteiger partial charge in [-0.15, -0.1) is 0 Å². The van der Waals surface area contributed by atoms with E-state index in [0.29, 0.717) is 11.6 Å². The maximum atomic E-state index is 11.9. The lowest BCUT2D eigenvalue weighted by Crippen LogP contribution is -2.18. The fourth-order valence-corrected chi connectivity index (χ4v) is 1.87. The summed E-state index contributed by atoms with van der Waals surface area (Å²) in [5.74, 6) is -0.161. The van der Waals surface area contributed by atoms with Crippen molar-refractivity contribution < 1.29 is 9.72 Å². The number of carbonyl (C=O) groups is 1. The summed E-state index contributed by atoms with van der Waals surface area (Å²) in [4.78, 5) is 25.4. The van der Waals surface area contributed by atoms with Crippen molar-refractivity contribution in [3.8, 4) is 0 Å². The van der Waals surface area contributed by atoms with Crippen LogP contribution in [0, 0.1) is 10.1 Å². The summed E-state index contributed by atoms with van der Waals surface area (Å²) in [5.41, 5.74) is 1.84. The molecule has 0 aliphatic heterocycles. The zero-order valence-electron chi connectivity index (χ0n) is 11.8. The van der Waals surface area contributed by atoms with Crippen LogP contribution in [0.1, 0.15) is 25.3 Å². The number of nitrogens with zero attached hydrogens (tertiary/aromatic N) is 3. The van der Waals surface area contributed by atoms with E-state index in [4.69, 9.17) is 0 Å². The molecule has 0 bridgehead atoms. The molecule has 2 rings (SSSR count). The predicted molar refractivity (Wildman–Crippen MR) is 78.0 cm³/mol. The number of hydrogen-bond acceptors (Lipinski definition) is 4. The quantitative estimate of drug-likeness (QED) is 0.676. The van der Waals surface area contributed by atoms with Gasteiger partial charge in [-0.1, -0.05) is 26.0 Å². The second-order valence-electron chi connectivity index (χ2n) is 4.99. The zero-order chi connectivity index (χ0) is 15.4. The minimum Gasteiger partial charge on any atom is -0.358 e. The fourth-order valence-electron chi connectivity index (χ4n) is 1.87. The first-order valence-corrected chi connectivity index (χ1v) is 6.51. The molecular weight excluding hydrogens is 272 g/mol. The van der Waals surface area contributed by atoms with Gasteiger partial charge in [0.05, 0.1) is 0 Å². The molecule has 0 fully saturated rings. The highest BCUT2D eigenvalue weighted by atomic mass is 16.6. The Morgan fingerprint density at radius 3 is 2.86 bits per heavy atom. The standard InChI is InChI=1S/C14H16N4O3/c1-10(2)11-4-3-5-12(6-11)16-14(19)8-17-7-13(15-9-17)18(20)21/h3-7,9-10H,8H2,1-2H3,(H,16,19). The minimum absolute atomic E-state index is 0.0211. The maximum absolute atomic E-state index is 11.9. The second kappa shape index (κ2) is 6.17. The first-order chi connectivity index (χ1) is 9.95. The second-order valence-corrected chi connectivity index (χ2v) is 4.99. The van der Waals surface area contributed by atoms with Crippen LogP contribution in [0.2, 0.25) is 0 Å². The topological polar surface area (TPSA) is 90.1 Å². The van der Waals surface area contributed by atoms with Crippen molar-refractivity contribution >= 4 is 17.4 Å². The number of anilines is 1. The van der Waals surface area contributed by atoms with Crippen molar-refractivity contribution in [2.45, 2.75) is 26.3 Å². The van der Waals surface area contributed by atoms with Crippen molar-refractivity contribution in [2.24, 2.45) is 0 Å². The van der Waals surface area contributed by atoms with E-state index < -0.39 is 4.92 Å². The van der Waals surface area contributed by atoms with Gasteiger partial charge in [-0.3, -0.25) is 4.79 Å². The molecule has 1 amide bonds. The molecule has 0 unspecified atom stereocenters. The summed E-state index contributed by atoms with van der Waals surface area (Å²) >= 11 is 0. The van der Waals surface area contributed by atoms with Gasteiger partial charge in [0.25, 0.3) is 0 Å². The average Bonchev–Trinajstić information content (AvgIpc) is 2.87. The Labute approximate surface area is 121 Å². The summed E-state index contributed by atoms with van der Waals surface area (Å²) in [6, 6.07) is 7.60. The lowest BCUT2D eigenvalue weighted by atomic mass is 10.0. The van der Waals surface area contributed by atoms with Gasteiger partial charge in [0, 0.05) is 5.69 Å². The van der Waals surface area contributed by atoms with E-state index in [-0.39, 0.29) is 18.3 Å². The summed E-state index contributed by atoms with van der Waals surface area (Å²) in [7, 11) is 0. The third-order valence-electron chi connectivity index (χ3n) is 2.97. The van der Waals surface area contributed by atoms with Gasteiger partial charge in [0.15, 0.2) is 0 Å². The van der Waals surface area contributed by atoms with Crippen LogP contribution in [0.5, 0.6) is 0 Å². The van der Waals surface area contributed by atoms with Crippen molar-refractivity contribution in [3.05, 3.63) is 52.5 Å². The number of imidazole rings is 1. The lowest BCUT2D eigenvalue weighted by molar-refractivity contribution is -0.389. The Morgan fingerprint density at radius 1 is 1.48 bits per heavy atom. The van der Waals surface area contributed by atoms with Crippen LogP contribution in [0.3, 0.4) is 0 Å². The smallest absolute Gasteiger partial charge is 0.358 e.